The quantitative estimate of drug-likeness (QED) is 0.905. The van der Waals surface area contributed by atoms with Crippen LogP contribution in [0.3, 0.4) is 0 Å². The molecule has 1 fully saturated rings. The van der Waals surface area contributed by atoms with Gasteiger partial charge >= 0.3 is 0 Å². The lowest BCUT2D eigenvalue weighted by Crippen LogP contribution is -2.39. The molecule has 1 saturated heterocycles. The Bertz CT molecular complexity index is 487. The number of hydrogen-bond donors (Lipinski definition) is 1. The monoisotopic (exact) mass is 293 g/mol. The fourth-order valence-electron chi connectivity index (χ4n) is 3.31. The Morgan fingerprint density at radius 1 is 1.48 bits per heavy atom. The van der Waals surface area contributed by atoms with E-state index in [4.69, 9.17) is 5.73 Å². The second kappa shape index (κ2) is 6.75. The van der Waals surface area contributed by atoms with Gasteiger partial charge in [0, 0.05) is 31.4 Å². The van der Waals surface area contributed by atoms with Crippen LogP contribution in [0.1, 0.15) is 43.9 Å². The second-order valence-electron chi connectivity index (χ2n) is 6.25. The molecule has 0 amide bonds. The Morgan fingerprint density at radius 2 is 2.19 bits per heavy atom. The van der Waals surface area contributed by atoms with Gasteiger partial charge in [0.25, 0.3) is 0 Å². The molecule has 0 radical (unpaired) electrons. The summed E-state index contributed by atoms with van der Waals surface area (Å²) in [5.74, 6) is -0.171. The van der Waals surface area contributed by atoms with Crippen molar-refractivity contribution >= 4 is 5.69 Å². The summed E-state index contributed by atoms with van der Waals surface area (Å²) in [5, 5.41) is 0. The van der Waals surface area contributed by atoms with E-state index in [-0.39, 0.29) is 11.9 Å². The van der Waals surface area contributed by atoms with Gasteiger partial charge in [0.1, 0.15) is 5.82 Å². The van der Waals surface area contributed by atoms with Crippen molar-refractivity contribution in [2.24, 2.45) is 5.73 Å². The molecule has 2 unspecified atom stereocenters. The smallest absolute Gasteiger partial charge is 0.126 e. The lowest BCUT2D eigenvalue weighted by molar-refractivity contribution is 0.270. The number of hydrogen-bond acceptors (Lipinski definition) is 3. The van der Waals surface area contributed by atoms with E-state index < -0.39 is 0 Å². The first-order valence-corrected chi connectivity index (χ1v) is 7.94. The molecule has 1 aliphatic rings. The Hall–Kier alpha value is -1.13. The third-order valence-electron chi connectivity index (χ3n) is 4.60. The highest BCUT2D eigenvalue weighted by molar-refractivity contribution is 5.56. The first-order chi connectivity index (χ1) is 9.93. The van der Waals surface area contributed by atoms with Gasteiger partial charge in [-0.25, -0.2) is 4.39 Å². The molecule has 4 heteroatoms. The van der Waals surface area contributed by atoms with Gasteiger partial charge in [-0.15, -0.1) is 0 Å². The van der Waals surface area contributed by atoms with Crippen molar-refractivity contribution in [2.45, 2.75) is 45.7 Å². The lowest BCUT2D eigenvalue weighted by Gasteiger charge is -2.31. The van der Waals surface area contributed by atoms with Gasteiger partial charge in [-0.1, -0.05) is 6.92 Å². The molecular formula is C17H28FN3. The Balaban J connectivity index is 2.22. The molecule has 0 saturated carbocycles. The molecule has 1 aliphatic heterocycles. The van der Waals surface area contributed by atoms with E-state index in [2.05, 4.69) is 23.8 Å². The van der Waals surface area contributed by atoms with E-state index >= 15 is 0 Å². The number of nitrogens with zero attached hydrogens (tertiary/aromatic N) is 2. The number of aryl methyl sites for hydroxylation is 1. The Labute approximate surface area is 127 Å². The highest BCUT2D eigenvalue weighted by Gasteiger charge is 2.25. The third kappa shape index (κ3) is 3.55. The summed E-state index contributed by atoms with van der Waals surface area (Å²) in [4.78, 5) is 4.77. The number of anilines is 1. The summed E-state index contributed by atoms with van der Waals surface area (Å²) < 4.78 is 13.8. The molecule has 0 bridgehead atoms. The minimum Gasteiger partial charge on any atom is -0.373 e. The molecule has 2 N–H and O–H groups in total. The zero-order valence-electron chi connectivity index (χ0n) is 13.7. The maximum absolute atomic E-state index is 13.8. The zero-order valence-corrected chi connectivity index (χ0v) is 13.7. The van der Waals surface area contributed by atoms with Gasteiger partial charge in [-0.3, -0.25) is 4.90 Å². The number of nitrogens with two attached hydrogens (primary N) is 1. The van der Waals surface area contributed by atoms with Gasteiger partial charge in [-0.05, 0) is 63.0 Å². The van der Waals surface area contributed by atoms with Gasteiger partial charge in [0.2, 0.25) is 0 Å². The number of rotatable bonds is 5. The molecule has 2 atom stereocenters. The molecular weight excluding hydrogens is 265 g/mol. The molecule has 21 heavy (non-hydrogen) atoms. The normalized spacial score (nSPS) is 20.8. The molecule has 1 heterocycles. The zero-order chi connectivity index (χ0) is 15.6. The lowest BCUT2D eigenvalue weighted by atomic mass is 10.0. The van der Waals surface area contributed by atoms with E-state index in [0.717, 1.165) is 24.3 Å². The van der Waals surface area contributed by atoms with Crippen molar-refractivity contribution in [3.8, 4) is 0 Å². The predicted molar refractivity (Wildman–Crippen MR) is 87.3 cm³/mol. The highest BCUT2D eigenvalue weighted by Crippen LogP contribution is 2.29. The van der Waals surface area contributed by atoms with Crippen LogP contribution in [0.25, 0.3) is 0 Å². The highest BCUT2D eigenvalue weighted by atomic mass is 19.1. The molecule has 0 aromatic heterocycles. The van der Waals surface area contributed by atoms with Crippen molar-refractivity contribution in [1.29, 1.82) is 0 Å². The van der Waals surface area contributed by atoms with Crippen molar-refractivity contribution in [3.05, 3.63) is 29.1 Å². The molecule has 2 rings (SSSR count). The largest absolute Gasteiger partial charge is 0.373 e. The summed E-state index contributed by atoms with van der Waals surface area (Å²) in [6.45, 7) is 9.20. The minimum atomic E-state index is -0.171. The van der Waals surface area contributed by atoms with Gasteiger partial charge in [0.05, 0.1) is 0 Å². The fourth-order valence-corrected chi connectivity index (χ4v) is 3.31. The molecule has 0 spiro atoms. The molecule has 0 aliphatic carbocycles. The molecule has 1 aromatic carbocycles. The van der Waals surface area contributed by atoms with E-state index in [1.54, 1.807) is 6.07 Å². The first kappa shape index (κ1) is 16.2. The van der Waals surface area contributed by atoms with Crippen LogP contribution in [0.15, 0.2) is 12.1 Å². The van der Waals surface area contributed by atoms with Crippen LogP contribution >= 0.6 is 0 Å². The summed E-state index contributed by atoms with van der Waals surface area (Å²) in [6, 6.07) is 3.95. The molecule has 1 aromatic rings. The van der Waals surface area contributed by atoms with Crippen molar-refractivity contribution in [3.63, 3.8) is 0 Å². The van der Waals surface area contributed by atoms with Crippen molar-refractivity contribution < 1.29 is 4.39 Å². The summed E-state index contributed by atoms with van der Waals surface area (Å²) in [7, 11) is 2.09. The predicted octanol–water partition coefficient (Wildman–Crippen LogP) is 3.07. The Morgan fingerprint density at radius 3 is 2.81 bits per heavy atom. The first-order valence-electron chi connectivity index (χ1n) is 7.94. The number of halogens is 1. The number of benzene rings is 1. The topological polar surface area (TPSA) is 32.5 Å². The second-order valence-corrected chi connectivity index (χ2v) is 6.25. The fraction of sp³-hybridized carbons (Fsp3) is 0.647. The maximum atomic E-state index is 13.8. The SMILES string of the molecule is CCN1CCCC1CN(C)c1cc(C)c(F)cc1C(C)N. The van der Waals surface area contributed by atoms with Crippen LogP contribution in [0.5, 0.6) is 0 Å². The summed E-state index contributed by atoms with van der Waals surface area (Å²) in [6.07, 6.45) is 2.51. The van der Waals surface area contributed by atoms with E-state index in [1.807, 2.05) is 19.9 Å². The maximum Gasteiger partial charge on any atom is 0.126 e. The van der Waals surface area contributed by atoms with E-state index in [9.17, 15) is 4.39 Å². The van der Waals surface area contributed by atoms with E-state index in [1.165, 1.54) is 19.4 Å². The van der Waals surface area contributed by atoms with Crippen LogP contribution in [-0.2, 0) is 0 Å². The summed E-state index contributed by atoms with van der Waals surface area (Å²) >= 11 is 0. The van der Waals surface area contributed by atoms with Crippen LogP contribution < -0.4 is 10.6 Å². The van der Waals surface area contributed by atoms with Crippen LogP contribution in [-0.4, -0.2) is 37.6 Å². The van der Waals surface area contributed by atoms with Gasteiger partial charge in [0.15, 0.2) is 0 Å². The minimum absolute atomic E-state index is 0.164. The molecule has 3 nitrogen and oxygen atoms in total. The number of likely N-dealkylation sites (tertiary alicyclic amines) is 1. The average Bonchev–Trinajstić information content (AvgIpc) is 2.88. The van der Waals surface area contributed by atoms with Crippen molar-refractivity contribution in [2.75, 3.05) is 31.6 Å². The van der Waals surface area contributed by atoms with Crippen LogP contribution in [0.2, 0.25) is 0 Å². The van der Waals surface area contributed by atoms with Crippen LogP contribution in [0, 0.1) is 12.7 Å². The molecule has 118 valence electrons. The van der Waals surface area contributed by atoms with E-state index in [0.29, 0.717) is 11.6 Å². The van der Waals surface area contributed by atoms with Gasteiger partial charge in [-0.2, -0.15) is 0 Å². The number of likely N-dealkylation sites (N-methyl/N-ethyl adjacent to an activating group) is 2. The Kier molecular flexibility index (Phi) is 5.22. The van der Waals surface area contributed by atoms with Crippen LogP contribution in [0.4, 0.5) is 10.1 Å². The van der Waals surface area contributed by atoms with Crippen molar-refractivity contribution in [1.82, 2.24) is 4.90 Å². The summed E-state index contributed by atoms with van der Waals surface area (Å²) in [5.41, 5.74) is 8.66. The third-order valence-corrected chi connectivity index (χ3v) is 4.60. The average molecular weight is 293 g/mol. The van der Waals surface area contributed by atoms with Gasteiger partial charge < -0.3 is 10.6 Å². The standard InChI is InChI=1S/C17H28FN3/c1-5-21-8-6-7-14(21)11-20(4)17-9-12(2)16(18)10-15(17)13(3)19/h9-10,13-14H,5-8,11,19H2,1-4H3.